The van der Waals surface area contributed by atoms with Gasteiger partial charge in [-0.05, 0) is 30.7 Å². The van der Waals surface area contributed by atoms with Crippen LogP contribution in [0.25, 0.3) is 0 Å². The summed E-state index contributed by atoms with van der Waals surface area (Å²) in [6.07, 6.45) is 3.70. The highest BCUT2D eigenvalue weighted by Crippen LogP contribution is 2.23. The first-order valence-electron chi connectivity index (χ1n) is 11.3. The zero-order chi connectivity index (χ0) is 22.9. The summed E-state index contributed by atoms with van der Waals surface area (Å²) in [5.41, 5.74) is 4.30. The fourth-order valence-corrected chi connectivity index (χ4v) is 3.68. The van der Waals surface area contributed by atoms with Crippen molar-refractivity contribution in [2.24, 2.45) is 4.99 Å². The van der Waals surface area contributed by atoms with Crippen molar-refractivity contribution in [1.29, 1.82) is 0 Å². The van der Waals surface area contributed by atoms with Crippen LogP contribution in [0.2, 0.25) is 0 Å². The maximum atomic E-state index is 6.06. The van der Waals surface area contributed by atoms with Crippen molar-refractivity contribution >= 4 is 17.7 Å². The lowest BCUT2D eigenvalue weighted by Gasteiger charge is -2.29. The third-order valence-corrected chi connectivity index (χ3v) is 5.47. The molecule has 7 nitrogen and oxygen atoms in total. The summed E-state index contributed by atoms with van der Waals surface area (Å²) in [6.45, 7) is 6.98. The zero-order valence-electron chi connectivity index (χ0n) is 19.4. The highest BCUT2D eigenvalue weighted by atomic mass is 16.5. The van der Waals surface area contributed by atoms with E-state index in [-0.39, 0.29) is 0 Å². The van der Waals surface area contributed by atoms with Crippen LogP contribution in [0, 0.1) is 6.92 Å². The van der Waals surface area contributed by atoms with Gasteiger partial charge in [0.15, 0.2) is 0 Å². The predicted octanol–water partition coefficient (Wildman–Crippen LogP) is 3.76. The average Bonchev–Trinajstić information content (AvgIpc) is 2.85. The van der Waals surface area contributed by atoms with Crippen LogP contribution >= 0.6 is 0 Å². The van der Waals surface area contributed by atoms with Crippen molar-refractivity contribution in [3.8, 4) is 5.88 Å². The van der Waals surface area contributed by atoms with Crippen LogP contribution in [0.15, 0.2) is 65.8 Å². The Labute approximate surface area is 195 Å². The summed E-state index contributed by atoms with van der Waals surface area (Å²) in [4.78, 5) is 18.1. The molecule has 172 valence electrons. The molecule has 2 aromatic heterocycles. The van der Waals surface area contributed by atoms with Crippen LogP contribution in [0.4, 0.5) is 11.5 Å². The van der Waals surface area contributed by atoms with Gasteiger partial charge in [0, 0.05) is 44.3 Å². The Kier molecular flexibility index (Phi) is 7.87. The molecule has 0 saturated carbocycles. The second-order valence-corrected chi connectivity index (χ2v) is 8.10. The average molecular weight is 446 g/mol. The number of nitrogens with zero attached hydrogens (tertiary/aromatic N) is 5. The van der Waals surface area contributed by atoms with E-state index in [0.29, 0.717) is 25.6 Å². The fourth-order valence-electron chi connectivity index (χ4n) is 3.68. The molecule has 0 aliphatic carbocycles. The van der Waals surface area contributed by atoms with Crippen molar-refractivity contribution in [2.75, 3.05) is 56.3 Å². The Morgan fingerprint density at radius 2 is 2.00 bits per heavy atom. The maximum absolute atomic E-state index is 6.06. The van der Waals surface area contributed by atoms with E-state index in [1.807, 2.05) is 43.6 Å². The molecular formula is C26H31N5O2. The molecule has 1 aliphatic heterocycles. The fraction of sp³-hybridized carbons (Fsp3) is 0.346. The van der Waals surface area contributed by atoms with E-state index in [1.54, 1.807) is 6.20 Å². The summed E-state index contributed by atoms with van der Waals surface area (Å²) >= 11 is 0. The number of anilines is 2. The molecule has 4 rings (SSSR count). The Morgan fingerprint density at radius 1 is 1.12 bits per heavy atom. The van der Waals surface area contributed by atoms with Gasteiger partial charge in [0.05, 0.1) is 32.0 Å². The van der Waals surface area contributed by atoms with Crippen LogP contribution in [-0.2, 0) is 11.3 Å². The number of likely N-dealkylation sites (N-methyl/N-ethyl adjacent to an activating group) is 1. The first-order chi connectivity index (χ1) is 16.2. The molecule has 3 aromatic rings. The van der Waals surface area contributed by atoms with Gasteiger partial charge in [0.1, 0.15) is 12.4 Å². The van der Waals surface area contributed by atoms with Gasteiger partial charge >= 0.3 is 0 Å². The van der Waals surface area contributed by atoms with Crippen LogP contribution in [0.5, 0.6) is 5.88 Å². The molecule has 0 bridgehead atoms. The van der Waals surface area contributed by atoms with Gasteiger partial charge in [-0.3, -0.25) is 4.99 Å². The molecule has 0 N–H and O–H groups in total. The third kappa shape index (κ3) is 6.76. The quantitative estimate of drug-likeness (QED) is 0.468. The van der Waals surface area contributed by atoms with Gasteiger partial charge in [-0.2, -0.15) is 0 Å². The minimum Gasteiger partial charge on any atom is -0.476 e. The summed E-state index contributed by atoms with van der Waals surface area (Å²) in [5.74, 6) is 1.54. The lowest BCUT2D eigenvalue weighted by Crippen LogP contribution is -2.36. The number of aliphatic imine (C=N–C) groups is 1. The largest absolute Gasteiger partial charge is 0.476 e. The Hall–Kier alpha value is -3.45. The van der Waals surface area contributed by atoms with Gasteiger partial charge in [0.2, 0.25) is 5.88 Å². The second-order valence-electron chi connectivity index (χ2n) is 8.10. The lowest BCUT2D eigenvalue weighted by atomic mass is 10.1. The SMILES string of the molecule is Cc1cccc(C=NCc2cc(N3CCOCC3)cc(OCCN(C)c3ccccn3)n2)c1. The van der Waals surface area contributed by atoms with Gasteiger partial charge < -0.3 is 19.3 Å². The predicted molar refractivity (Wildman–Crippen MR) is 133 cm³/mol. The number of ether oxygens (including phenoxy) is 2. The van der Waals surface area contributed by atoms with E-state index in [4.69, 9.17) is 14.5 Å². The van der Waals surface area contributed by atoms with Crippen LogP contribution in [0.1, 0.15) is 16.8 Å². The summed E-state index contributed by atoms with van der Waals surface area (Å²) < 4.78 is 11.6. The number of rotatable bonds is 9. The number of pyridine rings is 2. The normalized spacial score (nSPS) is 13.9. The molecule has 1 aliphatic rings. The molecule has 0 radical (unpaired) electrons. The Bertz CT molecular complexity index is 1050. The van der Waals surface area contributed by atoms with Crippen molar-refractivity contribution in [1.82, 2.24) is 9.97 Å². The van der Waals surface area contributed by atoms with Crippen molar-refractivity contribution in [3.63, 3.8) is 0 Å². The molecule has 7 heteroatoms. The molecule has 1 fully saturated rings. The van der Waals surface area contributed by atoms with E-state index >= 15 is 0 Å². The van der Waals surface area contributed by atoms with E-state index < -0.39 is 0 Å². The lowest BCUT2D eigenvalue weighted by molar-refractivity contribution is 0.122. The molecule has 1 saturated heterocycles. The van der Waals surface area contributed by atoms with Gasteiger partial charge in [-0.15, -0.1) is 0 Å². The summed E-state index contributed by atoms with van der Waals surface area (Å²) in [6, 6.07) is 18.3. The molecule has 0 amide bonds. The second kappa shape index (κ2) is 11.4. The molecule has 1 aromatic carbocycles. The number of benzene rings is 1. The van der Waals surface area contributed by atoms with Gasteiger partial charge in [-0.25, -0.2) is 9.97 Å². The van der Waals surface area contributed by atoms with Crippen LogP contribution in [0.3, 0.4) is 0 Å². The summed E-state index contributed by atoms with van der Waals surface area (Å²) in [7, 11) is 2.01. The first kappa shape index (κ1) is 22.7. The third-order valence-electron chi connectivity index (χ3n) is 5.47. The van der Waals surface area contributed by atoms with Crippen molar-refractivity contribution in [2.45, 2.75) is 13.5 Å². The molecule has 3 heterocycles. The number of hydrogen-bond donors (Lipinski definition) is 0. The molecule has 0 spiro atoms. The van der Waals surface area contributed by atoms with Gasteiger partial charge in [-0.1, -0.05) is 35.9 Å². The van der Waals surface area contributed by atoms with E-state index in [1.165, 1.54) is 5.56 Å². The van der Waals surface area contributed by atoms with E-state index in [2.05, 4.69) is 51.0 Å². The van der Waals surface area contributed by atoms with Crippen LogP contribution in [-0.4, -0.2) is 62.7 Å². The van der Waals surface area contributed by atoms with Crippen LogP contribution < -0.4 is 14.5 Å². The first-order valence-corrected chi connectivity index (χ1v) is 11.3. The molecule has 33 heavy (non-hydrogen) atoms. The van der Waals surface area contributed by atoms with Crippen molar-refractivity contribution < 1.29 is 9.47 Å². The highest BCUT2D eigenvalue weighted by molar-refractivity contribution is 5.79. The number of aromatic nitrogens is 2. The minimum atomic E-state index is 0.496. The minimum absolute atomic E-state index is 0.496. The standard InChI is InChI=1S/C26H31N5O2/c1-21-6-5-7-22(16-21)19-27-20-23-17-24(31-11-13-32-14-12-31)18-26(29-23)33-15-10-30(2)25-8-3-4-9-28-25/h3-9,16-19H,10-15,20H2,1-2H3. The molecule has 0 atom stereocenters. The van der Waals surface area contributed by atoms with Gasteiger partial charge in [0.25, 0.3) is 0 Å². The number of hydrogen-bond acceptors (Lipinski definition) is 7. The number of morpholine rings is 1. The Morgan fingerprint density at radius 3 is 2.79 bits per heavy atom. The smallest absolute Gasteiger partial charge is 0.215 e. The molecule has 0 unspecified atom stereocenters. The highest BCUT2D eigenvalue weighted by Gasteiger charge is 2.14. The zero-order valence-corrected chi connectivity index (χ0v) is 19.4. The molecular weight excluding hydrogens is 414 g/mol. The monoisotopic (exact) mass is 445 g/mol. The topological polar surface area (TPSA) is 63.1 Å². The Balaban J connectivity index is 1.44. The van der Waals surface area contributed by atoms with E-state index in [9.17, 15) is 0 Å². The van der Waals surface area contributed by atoms with E-state index in [0.717, 1.165) is 49.1 Å². The maximum Gasteiger partial charge on any atom is 0.215 e. The van der Waals surface area contributed by atoms with Crippen molar-refractivity contribution in [3.05, 3.63) is 77.6 Å². The number of aryl methyl sites for hydroxylation is 1. The summed E-state index contributed by atoms with van der Waals surface area (Å²) in [5, 5.41) is 0.